The molecule has 3 heteroatoms. The van der Waals surface area contributed by atoms with Crippen LogP contribution in [0, 0.1) is 0 Å². The third-order valence-corrected chi connectivity index (χ3v) is 2.94. The van der Waals surface area contributed by atoms with Gasteiger partial charge in [-0.15, -0.1) is 0 Å². The summed E-state index contributed by atoms with van der Waals surface area (Å²) >= 11 is 0. The molecule has 3 nitrogen and oxygen atoms in total. The number of β-amino-alcohol motifs (C(OH)–C–C–N with tert-alkyl or cyclic N) is 1. The summed E-state index contributed by atoms with van der Waals surface area (Å²) in [5.41, 5.74) is -0.528. The smallest absolute Gasteiger partial charge is 0.222 e. The molecule has 1 heterocycles. The number of carbonyl (C=O) groups excluding carboxylic acids is 1. The van der Waals surface area contributed by atoms with E-state index in [0.717, 1.165) is 32.2 Å². The second-order valence-electron chi connectivity index (χ2n) is 4.00. The average molecular weight is 169 g/mol. The maximum Gasteiger partial charge on any atom is 0.222 e. The molecule has 0 radical (unpaired) electrons. The van der Waals surface area contributed by atoms with Crippen LogP contribution in [-0.2, 0) is 4.79 Å². The summed E-state index contributed by atoms with van der Waals surface area (Å²) in [5.74, 6) is 0.218. The van der Waals surface area contributed by atoms with Gasteiger partial charge in [-0.25, -0.2) is 0 Å². The SMILES string of the molecule is O=C1CCCN1CC1(O)CCC1. The second-order valence-corrected chi connectivity index (χ2v) is 4.00. The average Bonchev–Trinajstić information content (AvgIpc) is 2.34. The Labute approximate surface area is 72.4 Å². The van der Waals surface area contributed by atoms with E-state index in [1.165, 1.54) is 0 Å². The molecule has 2 rings (SSSR count). The van der Waals surface area contributed by atoms with Crippen molar-refractivity contribution >= 4 is 5.91 Å². The minimum absolute atomic E-state index is 0.218. The van der Waals surface area contributed by atoms with Gasteiger partial charge in [0.2, 0.25) is 5.91 Å². The zero-order valence-electron chi connectivity index (χ0n) is 7.25. The van der Waals surface area contributed by atoms with Gasteiger partial charge in [-0.1, -0.05) is 0 Å². The zero-order chi connectivity index (χ0) is 8.60. The van der Waals surface area contributed by atoms with Crippen LogP contribution in [0.3, 0.4) is 0 Å². The molecule has 0 aromatic rings. The molecule has 68 valence electrons. The minimum atomic E-state index is -0.528. The lowest BCUT2D eigenvalue weighted by Crippen LogP contribution is -2.48. The van der Waals surface area contributed by atoms with Crippen molar-refractivity contribution in [2.45, 2.75) is 37.7 Å². The fourth-order valence-electron chi connectivity index (χ4n) is 1.97. The zero-order valence-corrected chi connectivity index (χ0v) is 7.25. The molecule has 1 saturated heterocycles. The lowest BCUT2D eigenvalue weighted by Gasteiger charge is -2.39. The van der Waals surface area contributed by atoms with Crippen LogP contribution in [-0.4, -0.2) is 34.6 Å². The third kappa shape index (κ3) is 1.33. The van der Waals surface area contributed by atoms with E-state index in [2.05, 4.69) is 0 Å². The van der Waals surface area contributed by atoms with Gasteiger partial charge in [0.05, 0.1) is 5.60 Å². The highest BCUT2D eigenvalue weighted by Gasteiger charge is 2.38. The lowest BCUT2D eigenvalue weighted by molar-refractivity contribution is -0.133. The molecular weight excluding hydrogens is 154 g/mol. The summed E-state index contributed by atoms with van der Waals surface area (Å²) < 4.78 is 0. The van der Waals surface area contributed by atoms with Gasteiger partial charge in [0.25, 0.3) is 0 Å². The fourth-order valence-corrected chi connectivity index (χ4v) is 1.97. The number of rotatable bonds is 2. The first-order valence-corrected chi connectivity index (χ1v) is 4.70. The summed E-state index contributed by atoms with van der Waals surface area (Å²) in [4.78, 5) is 13.0. The molecule has 1 aliphatic carbocycles. The number of aliphatic hydroxyl groups is 1. The molecular formula is C9H15NO2. The van der Waals surface area contributed by atoms with Crippen molar-refractivity contribution < 1.29 is 9.90 Å². The molecule has 2 aliphatic rings. The van der Waals surface area contributed by atoms with Crippen LogP contribution in [0.5, 0.6) is 0 Å². The maximum atomic E-state index is 11.2. The van der Waals surface area contributed by atoms with E-state index in [9.17, 15) is 9.90 Å². The number of likely N-dealkylation sites (tertiary alicyclic amines) is 1. The maximum absolute atomic E-state index is 11.2. The molecule has 2 fully saturated rings. The van der Waals surface area contributed by atoms with Crippen LogP contribution in [0.1, 0.15) is 32.1 Å². The summed E-state index contributed by atoms with van der Waals surface area (Å²) in [6.07, 6.45) is 4.50. The van der Waals surface area contributed by atoms with Gasteiger partial charge in [-0.05, 0) is 25.7 Å². The molecule has 0 aromatic carbocycles. The summed E-state index contributed by atoms with van der Waals surface area (Å²) in [5, 5.41) is 9.79. The van der Waals surface area contributed by atoms with Gasteiger partial charge >= 0.3 is 0 Å². The molecule has 0 bridgehead atoms. The third-order valence-electron chi connectivity index (χ3n) is 2.94. The van der Waals surface area contributed by atoms with Crippen LogP contribution in [0.25, 0.3) is 0 Å². The molecule has 0 aromatic heterocycles. The van der Waals surface area contributed by atoms with Crippen molar-refractivity contribution in [2.75, 3.05) is 13.1 Å². The quantitative estimate of drug-likeness (QED) is 0.654. The van der Waals surface area contributed by atoms with Crippen LogP contribution < -0.4 is 0 Å². The van der Waals surface area contributed by atoms with Crippen LogP contribution in [0.4, 0.5) is 0 Å². The van der Waals surface area contributed by atoms with Gasteiger partial charge in [-0.3, -0.25) is 4.79 Å². The van der Waals surface area contributed by atoms with Crippen molar-refractivity contribution in [3.05, 3.63) is 0 Å². The highest BCUT2D eigenvalue weighted by Crippen LogP contribution is 2.33. The molecule has 1 amide bonds. The van der Waals surface area contributed by atoms with Crippen molar-refractivity contribution in [2.24, 2.45) is 0 Å². The van der Waals surface area contributed by atoms with E-state index in [-0.39, 0.29) is 5.91 Å². The van der Waals surface area contributed by atoms with Crippen LogP contribution in [0.15, 0.2) is 0 Å². The standard InChI is InChI=1S/C9H15NO2/c11-8-3-1-6-10(8)7-9(12)4-2-5-9/h12H,1-7H2. The highest BCUT2D eigenvalue weighted by molar-refractivity contribution is 5.78. The molecule has 1 saturated carbocycles. The predicted molar refractivity (Wildman–Crippen MR) is 44.6 cm³/mol. The van der Waals surface area contributed by atoms with E-state index in [1.54, 1.807) is 4.90 Å². The highest BCUT2D eigenvalue weighted by atomic mass is 16.3. The van der Waals surface area contributed by atoms with Crippen molar-refractivity contribution in [3.8, 4) is 0 Å². The summed E-state index contributed by atoms with van der Waals surface area (Å²) in [7, 11) is 0. The Kier molecular flexibility index (Phi) is 1.83. The number of hydrogen-bond donors (Lipinski definition) is 1. The monoisotopic (exact) mass is 169 g/mol. The van der Waals surface area contributed by atoms with E-state index in [4.69, 9.17) is 0 Å². The fraction of sp³-hybridized carbons (Fsp3) is 0.889. The second kappa shape index (κ2) is 2.73. The Bertz CT molecular complexity index is 199. The van der Waals surface area contributed by atoms with E-state index >= 15 is 0 Å². The first-order chi connectivity index (χ1) is 5.70. The van der Waals surface area contributed by atoms with Crippen molar-refractivity contribution in [3.63, 3.8) is 0 Å². The van der Waals surface area contributed by atoms with Gasteiger partial charge < -0.3 is 10.0 Å². The summed E-state index contributed by atoms with van der Waals surface area (Å²) in [6.45, 7) is 1.42. The van der Waals surface area contributed by atoms with Gasteiger partial charge in [0, 0.05) is 19.5 Å². The van der Waals surface area contributed by atoms with E-state index in [0.29, 0.717) is 13.0 Å². The first-order valence-electron chi connectivity index (χ1n) is 4.70. The van der Waals surface area contributed by atoms with Gasteiger partial charge in [-0.2, -0.15) is 0 Å². The van der Waals surface area contributed by atoms with Crippen LogP contribution >= 0.6 is 0 Å². The Morgan fingerprint density at radius 1 is 1.42 bits per heavy atom. The topological polar surface area (TPSA) is 40.5 Å². The number of hydrogen-bond acceptors (Lipinski definition) is 2. The molecule has 0 spiro atoms. The molecule has 1 aliphatic heterocycles. The number of carbonyl (C=O) groups is 1. The Morgan fingerprint density at radius 3 is 2.58 bits per heavy atom. The minimum Gasteiger partial charge on any atom is -0.388 e. The summed E-state index contributed by atoms with van der Waals surface area (Å²) in [6, 6.07) is 0. The molecule has 12 heavy (non-hydrogen) atoms. The van der Waals surface area contributed by atoms with Crippen LogP contribution in [0.2, 0.25) is 0 Å². The normalized spacial score (nSPS) is 27.4. The first kappa shape index (κ1) is 8.05. The molecule has 0 atom stereocenters. The predicted octanol–water partition coefficient (Wildman–Crippen LogP) is 0.524. The molecule has 1 N–H and O–H groups in total. The number of amides is 1. The van der Waals surface area contributed by atoms with Gasteiger partial charge in [0.1, 0.15) is 0 Å². The largest absolute Gasteiger partial charge is 0.388 e. The number of nitrogens with zero attached hydrogens (tertiary/aromatic N) is 1. The Morgan fingerprint density at radius 2 is 2.17 bits per heavy atom. The van der Waals surface area contributed by atoms with Crippen molar-refractivity contribution in [1.82, 2.24) is 4.90 Å². The van der Waals surface area contributed by atoms with Crippen molar-refractivity contribution in [1.29, 1.82) is 0 Å². The Balaban J connectivity index is 1.89. The molecule has 0 unspecified atom stereocenters. The van der Waals surface area contributed by atoms with E-state index < -0.39 is 5.60 Å². The van der Waals surface area contributed by atoms with Gasteiger partial charge in [0.15, 0.2) is 0 Å². The Hall–Kier alpha value is -0.570. The lowest BCUT2D eigenvalue weighted by atomic mass is 9.80. The van der Waals surface area contributed by atoms with E-state index in [1.807, 2.05) is 0 Å².